The molecule has 2 aromatic rings. The Hall–Kier alpha value is -2.65. The molecule has 0 spiro atoms. The average molecular weight is 420 g/mol. The first-order chi connectivity index (χ1) is 13.9. The van der Waals surface area contributed by atoms with E-state index in [-0.39, 0.29) is 29.8 Å². The van der Waals surface area contributed by atoms with Crippen molar-refractivity contribution in [2.24, 2.45) is 0 Å². The van der Waals surface area contributed by atoms with Gasteiger partial charge in [-0.3, -0.25) is 9.78 Å². The highest BCUT2D eigenvalue weighted by Gasteiger charge is 2.32. The van der Waals surface area contributed by atoms with Crippen LogP contribution in [-0.2, 0) is 21.4 Å². The zero-order valence-corrected chi connectivity index (χ0v) is 17.3. The molecule has 1 aliphatic rings. The van der Waals surface area contributed by atoms with Gasteiger partial charge in [0.25, 0.3) is 0 Å². The number of aromatic nitrogens is 1. The van der Waals surface area contributed by atoms with Crippen LogP contribution in [0.4, 0.5) is 0 Å². The highest BCUT2D eigenvalue weighted by atomic mass is 32.2. The number of methoxy groups -OCH3 is 2. The highest BCUT2D eigenvalue weighted by molar-refractivity contribution is 7.89. The van der Waals surface area contributed by atoms with Gasteiger partial charge in [0.1, 0.15) is 0 Å². The first-order valence-corrected chi connectivity index (χ1v) is 10.8. The lowest BCUT2D eigenvalue weighted by molar-refractivity contribution is -0.132. The monoisotopic (exact) mass is 419 g/mol. The van der Waals surface area contributed by atoms with Gasteiger partial charge in [0.15, 0.2) is 11.5 Å². The fourth-order valence-electron chi connectivity index (χ4n) is 3.00. The van der Waals surface area contributed by atoms with Crippen LogP contribution in [0.1, 0.15) is 24.8 Å². The topological polar surface area (TPSA) is 97.8 Å². The molecule has 0 bridgehead atoms. The number of carbonyl (C=O) groups excluding carboxylic acids is 1. The van der Waals surface area contributed by atoms with Gasteiger partial charge in [0.05, 0.1) is 19.1 Å². The maximum atomic E-state index is 12.7. The summed E-state index contributed by atoms with van der Waals surface area (Å²) in [6.45, 7) is 0.505. The summed E-state index contributed by atoms with van der Waals surface area (Å²) < 4.78 is 37.9. The molecule has 1 aromatic heterocycles. The molecule has 1 N–H and O–H groups in total. The number of benzene rings is 1. The van der Waals surface area contributed by atoms with E-state index in [9.17, 15) is 13.2 Å². The van der Waals surface area contributed by atoms with Gasteiger partial charge >= 0.3 is 0 Å². The molecule has 9 heteroatoms. The Morgan fingerprint density at radius 3 is 2.59 bits per heavy atom. The summed E-state index contributed by atoms with van der Waals surface area (Å²) in [4.78, 5) is 18.6. The molecule has 1 amide bonds. The normalized spacial score (nSPS) is 13.7. The minimum Gasteiger partial charge on any atom is -0.493 e. The summed E-state index contributed by atoms with van der Waals surface area (Å²) in [5.41, 5.74) is 0.957. The fourth-order valence-corrected chi connectivity index (χ4v) is 4.05. The minimum absolute atomic E-state index is 0.0196. The molecule has 1 aliphatic carbocycles. The molecular weight excluding hydrogens is 394 g/mol. The van der Waals surface area contributed by atoms with Crippen LogP contribution in [0.3, 0.4) is 0 Å². The zero-order chi connectivity index (χ0) is 20.9. The second kappa shape index (κ2) is 9.23. The molecule has 1 fully saturated rings. The molecule has 3 rings (SSSR count). The molecule has 0 atom stereocenters. The number of nitrogens with one attached hydrogen (secondary N) is 1. The van der Waals surface area contributed by atoms with E-state index in [1.54, 1.807) is 12.4 Å². The van der Waals surface area contributed by atoms with Gasteiger partial charge in [-0.05, 0) is 36.6 Å². The van der Waals surface area contributed by atoms with Crippen LogP contribution < -0.4 is 14.2 Å². The second-order valence-corrected chi connectivity index (χ2v) is 8.55. The summed E-state index contributed by atoms with van der Waals surface area (Å²) in [5, 5.41) is 0. The van der Waals surface area contributed by atoms with Crippen LogP contribution in [0.2, 0.25) is 0 Å². The van der Waals surface area contributed by atoms with Gasteiger partial charge < -0.3 is 14.4 Å². The van der Waals surface area contributed by atoms with Gasteiger partial charge in [-0.1, -0.05) is 6.07 Å². The predicted molar refractivity (Wildman–Crippen MR) is 107 cm³/mol. The predicted octanol–water partition coefficient (Wildman–Crippen LogP) is 1.96. The largest absolute Gasteiger partial charge is 0.493 e. The number of amides is 1. The highest BCUT2D eigenvalue weighted by Crippen LogP contribution is 2.30. The molecule has 156 valence electrons. The number of carbonyl (C=O) groups is 1. The number of pyridine rings is 1. The van der Waals surface area contributed by atoms with Gasteiger partial charge in [0.2, 0.25) is 15.9 Å². The zero-order valence-electron chi connectivity index (χ0n) is 16.5. The van der Waals surface area contributed by atoms with Gasteiger partial charge in [-0.2, -0.15) is 0 Å². The van der Waals surface area contributed by atoms with Crippen molar-refractivity contribution < 1.29 is 22.7 Å². The van der Waals surface area contributed by atoms with Crippen LogP contribution >= 0.6 is 0 Å². The lowest BCUT2D eigenvalue weighted by Crippen LogP contribution is -2.35. The standard InChI is InChI=1S/C20H25N3O5S/c1-27-18-8-7-17(12-19(18)28-2)29(25,26)22-11-9-20(24)23(16-5-6-16)14-15-4-3-10-21-13-15/h3-4,7-8,10,12-13,16,22H,5-6,9,11,14H2,1-2H3. The Labute approximate surface area is 170 Å². The Bertz CT molecular complexity index is 946. The van der Waals surface area contributed by atoms with Crippen molar-refractivity contribution in [3.05, 3.63) is 48.3 Å². The van der Waals surface area contributed by atoms with Gasteiger partial charge in [-0.15, -0.1) is 0 Å². The molecule has 0 radical (unpaired) electrons. The number of ether oxygens (including phenoxy) is 2. The van der Waals surface area contributed by atoms with Crippen LogP contribution in [-0.4, -0.2) is 51.0 Å². The molecule has 29 heavy (non-hydrogen) atoms. The Morgan fingerprint density at radius 2 is 1.97 bits per heavy atom. The van der Waals surface area contributed by atoms with E-state index in [1.807, 2.05) is 17.0 Å². The molecule has 1 aromatic carbocycles. The van der Waals surface area contributed by atoms with E-state index in [2.05, 4.69) is 9.71 Å². The molecule has 1 saturated carbocycles. The van der Waals surface area contributed by atoms with Crippen LogP contribution in [0.25, 0.3) is 0 Å². The van der Waals surface area contributed by atoms with Crippen LogP contribution in [0, 0.1) is 0 Å². The lowest BCUT2D eigenvalue weighted by atomic mass is 10.2. The lowest BCUT2D eigenvalue weighted by Gasteiger charge is -2.22. The summed E-state index contributed by atoms with van der Waals surface area (Å²) in [6.07, 6.45) is 5.47. The quantitative estimate of drug-likeness (QED) is 0.632. The van der Waals surface area contributed by atoms with E-state index in [4.69, 9.17) is 9.47 Å². The Kier molecular flexibility index (Phi) is 6.71. The summed E-state index contributed by atoms with van der Waals surface area (Å²) >= 11 is 0. The Balaban J connectivity index is 1.59. The number of hydrogen-bond acceptors (Lipinski definition) is 6. The minimum atomic E-state index is -3.77. The van der Waals surface area contributed by atoms with E-state index in [0.29, 0.717) is 18.0 Å². The Morgan fingerprint density at radius 1 is 1.21 bits per heavy atom. The third-order valence-electron chi connectivity index (χ3n) is 4.68. The number of rotatable bonds is 10. The van der Waals surface area contributed by atoms with E-state index >= 15 is 0 Å². The van der Waals surface area contributed by atoms with E-state index in [0.717, 1.165) is 18.4 Å². The van der Waals surface area contributed by atoms with E-state index in [1.165, 1.54) is 32.4 Å². The van der Waals surface area contributed by atoms with Crippen molar-refractivity contribution >= 4 is 15.9 Å². The van der Waals surface area contributed by atoms with Crippen molar-refractivity contribution in [2.75, 3.05) is 20.8 Å². The smallest absolute Gasteiger partial charge is 0.240 e. The molecule has 8 nitrogen and oxygen atoms in total. The van der Waals surface area contributed by atoms with E-state index < -0.39 is 10.0 Å². The van der Waals surface area contributed by atoms with Crippen molar-refractivity contribution in [3.63, 3.8) is 0 Å². The molecule has 0 aliphatic heterocycles. The first-order valence-electron chi connectivity index (χ1n) is 9.34. The maximum Gasteiger partial charge on any atom is 0.240 e. The third-order valence-corrected chi connectivity index (χ3v) is 6.14. The fraction of sp³-hybridized carbons (Fsp3) is 0.400. The third kappa shape index (κ3) is 5.45. The van der Waals surface area contributed by atoms with Gasteiger partial charge in [-0.25, -0.2) is 13.1 Å². The SMILES string of the molecule is COc1ccc(S(=O)(=O)NCCC(=O)N(Cc2cccnc2)C2CC2)cc1OC. The molecular formula is C20H25N3O5S. The number of sulfonamides is 1. The molecule has 1 heterocycles. The summed E-state index contributed by atoms with van der Waals surface area (Å²) in [7, 11) is -0.850. The summed E-state index contributed by atoms with van der Waals surface area (Å²) in [5.74, 6) is 0.686. The second-order valence-electron chi connectivity index (χ2n) is 6.78. The number of hydrogen-bond donors (Lipinski definition) is 1. The van der Waals surface area contributed by atoms with Crippen molar-refractivity contribution in [1.82, 2.24) is 14.6 Å². The summed E-state index contributed by atoms with van der Waals surface area (Å²) in [6, 6.07) is 8.34. The van der Waals surface area contributed by atoms with Crippen molar-refractivity contribution in [3.8, 4) is 11.5 Å². The maximum absolute atomic E-state index is 12.7. The van der Waals surface area contributed by atoms with Crippen molar-refractivity contribution in [1.29, 1.82) is 0 Å². The molecule has 0 saturated heterocycles. The average Bonchev–Trinajstić information content (AvgIpc) is 3.57. The van der Waals surface area contributed by atoms with Gasteiger partial charge in [0, 0.05) is 44.0 Å². The van der Waals surface area contributed by atoms with Crippen molar-refractivity contribution in [2.45, 2.75) is 36.7 Å². The van der Waals surface area contributed by atoms with Crippen LogP contribution in [0.15, 0.2) is 47.6 Å². The van der Waals surface area contributed by atoms with Crippen LogP contribution in [0.5, 0.6) is 11.5 Å². The first kappa shape index (κ1) is 21.1. The molecule has 0 unspecified atom stereocenters. The number of nitrogens with zero attached hydrogens (tertiary/aromatic N) is 2.